The van der Waals surface area contributed by atoms with Crippen LogP contribution in [0.2, 0.25) is 0 Å². The maximum absolute atomic E-state index is 9.30. The van der Waals surface area contributed by atoms with Crippen molar-refractivity contribution in [3.8, 4) is 0 Å². The summed E-state index contributed by atoms with van der Waals surface area (Å²) in [6.45, 7) is 1.38. The van der Waals surface area contributed by atoms with Crippen LogP contribution in [-0.4, -0.2) is 59.0 Å². The molecule has 1 aliphatic heterocycles. The third-order valence-electron chi connectivity index (χ3n) is 5.79. The molecule has 0 saturated heterocycles. The summed E-state index contributed by atoms with van der Waals surface area (Å²) in [6, 6.07) is 10.3. The topological polar surface area (TPSA) is 177 Å². The van der Waals surface area contributed by atoms with Crippen molar-refractivity contribution in [2.75, 3.05) is 18.5 Å². The fourth-order valence-corrected chi connectivity index (χ4v) is 4.09. The summed E-state index contributed by atoms with van der Waals surface area (Å²) in [6.07, 6.45) is 6.09. The molecule has 2 aliphatic carbocycles. The van der Waals surface area contributed by atoms with Crippen LogP contribution in [0.15, 0.2) is 46.6 Å². The van der Waals surface area contributed by atoms with E-state index in [2.05, 4.69) is 27.3 Å². The van der Waals surface area contributed by atoms with Crippen LogP contribution >= 0.6 is 0 Å². The van der Waals surface area contributed by atoms with E-state index in [9.17, 15) is 13.5 Å². The molecule has 5 rings (SSSR count). The molecule has 0 radical (unpaired) electrons. The lowest BCUT2D eigenvalue weighted by Gasteiger charge is -2.24. The number of ether oxygens (including phenoxy) is 1. The zero-order valence-corrected chi connectivity index (χ0v) is 20.1. The molecule has 2 atom stereocenters. The molecule has 2 aromatic rings. The number of anilines is 1. The molecule has 186 valence electrons. The van der Waals surface area contributed by atoms with E-state index < -0.39 is 10.1 Å². The maximum atomic E-state index is 9.30. The van der Waals surface area contributed by atoms with Crippen LogP contribution in [0.4, 0.5) is 5.82 Å². The number of nitrogen functional groups attached to an aromatic ring is 1. The molecule has 0 amide bonds. The highest BCUT2D eigenvalue weighted by Crippen LogP contribution is 2.29. The minimum atomic E-state index is -3.67. The fraction of sp³-hybridized carbons (Fsp3) is 0.478. The Balaban J connectivity index is 0.000000172. The molecule has 1 saturated carbocycles. The van der Waals surface area contributed by atoms with Gasteiger partial charge in [0.05, 0.1) is 31.6 Å². The summed E-state index contributed by atoms with van der Waals surface area (Å²) >= 11 is 0. The van der Waals surface area contributed by atoms with Gasteiger partial charge in [-0.25, -0.2) is 0 Å². The summed E-state index contributed by atoms with van der Waals surface area (Å²) in [5.74, 6) is 0.541. The Bertz CT molecular complexity index is 1120. The minimum absolute atomic E-state index is 0.234. The SMILES string of the molecule is CS(=O)(=O)O.NC1=C2CC(OCc3ccccc3)CCC2=NC1.Nc1n[nH]c2c1CC(O)CC2. The Labute approximate surface area is 199 Å². The minimum Gasteiger partial charge on any atom is -0.400 e. The van der Waals surface area contributed by atoms with Gasteiger partial charge in [-0.05, 0) is 36.8 Å². The van der Waals surface area contributed by atoms with Gasteiger partial charge in [-0.15, -0.1) is 0 Å². The monoisotopic (exact) mass is 491 g/mol. The number of hydrogen-bond donors (Lipinski definition) is 5. The van der Waals surface area contributed by atoms with E-state index in [1.54, 1.807) is 0 Å². The Morgan fingerprint density at radius 1 is 1.15 bits per heavy atom. The predicted octanol–water partition coefficient (Wildman–Crippen LogP) is 1.77. The molecule has 3 aliphatic rings. The van der Waals surface area contributed by atoms with Crippen molar-refractivity contribution >= 4 is 21.6 Å². The number of aromatic nitrogens is 2. The summed E-state index contributed by atoms with van der Waals surface area (Å²) in [4.78, 5) is 4.45. The number of hydrogen-bond acceptors (Lipinski definition) is 8. The van der Waals surface area contributed by atoms with Crippen LogP contribution in [0.3, 0.4) is 0 Å². The van der Waals surface area contributed by atoms with E-state index in [4.69, 9.17) is 20.8 Å². The van der Waals surface area contributed by atoms with Crippen molar-refractivity contribution in [2.45, 2.75) is 57.3 Å². The van der Waals surface area contributed by atoms with E-state index >= 15 is 0 Å². The molecular formula is C23H33N5O5S. The van der Waals surface area contributed by atoms with E-state index in [0.717, 1.165) is 49.1 Å². The first-order valence-corrected chi connectivity index (χ1v) is 13.0. The zero-order valence-electron chi connectivity index (χ0n) is 19.3. The number of aromatic amines is 1. The predicted molar refractivity (Wildman–Crippen MR) is 131 cm³/mol. The number of benzene rings is 1. The Morgan fingerprint density at radius 3 is 2.56 bits per heavy atom. The number of nitrogens with zero attached hydrogens (tertiary/aromatic N) is 2. The third kappa shape index (κ3) is 7.94. The molecule has 2 unspecified atom stereocenters. The first kappa shape index (κ1) is 25.9. The number of aliphatic hydroxyl groups is 1. The van der Waals surface area contributed by atoms with E-state index in [1.807, 2.05) is 18.2 Å². The number of rotatable bonds is 3. The molecule has 34 heavy (non-hydrogen) atoms. The molecule has 1 aromatic carbocycles. The van der Waals surface area contributed by atoms with Gasteiger partial charge >= 0.3 is 0 Å². The number of nitrogens with one attached hydrogen (secondary N) is 1. The second kappa shape index (κ2) is 11.6. The number of H-pyrrole nitrogens is 1. The molecule has 7 N–H and O–H groups in total. The van der Waals surface area contributed by atoms with Crippen LogP contribution in [-0.2, 0) is 34.3 Å². The van der Waals surface area contributed by atoms with Crippen LogP contribution in [0.5, 0.6) is 0 Å². The van der Waals surface area contributed by atoms with Crippen molar-refractivity contribution in [3.05, 3.63) is 58.4 Å². The Morgan fingerprint density at radius 2 is 1.85 bits per heavy atom. The zero-order chi connectivity index (χ0) is 24.7. The molecule has 1 fully saturated rings. The van der Waals surface area contributed by atoms with Crippen LogP contribution in [0.25, 0.3) is 0 Å². The Kier molecular flexibility index (Phi) is 8.84. The first-order chi connectivity index (χ1) is 16.1. The molecule has 0 bridgehead atoms. The largest absolute Gasteiger partial charge is 0.400 e. The molecule has 10 nitrogen and oxygen atoms in total. The van der Waals surface area contributed by atoms with Gasteiger partial charge < -0.3 is 21.3 Å². The summed E-state index contributed by atoms with van der Waals surface area (Å²) in [5.41, 5.74) is 18.3. The van der Waals surface area contributed by atoms with Gasteiger partial charge in [-0.3, -0.25) is 14.6 Å². The van der Waals surface area contributed by atoms with Gasteiger partial charge in [0.15, 0.2) is 0 Å². The van der Waals surface area contributed by atoms with Gasteiger partial charge in [-0.2, -0.15) is 13.5 Å². The molecule has 0 spiro atoms. The van der Waals surface area contributed by atoms with Crippen LogP contribution < -0.4 is 11.5 Å². The summed E-state index contributed by atoms with van der Waals surface area (Å²) in [5, 5.41) is 16.0. The molecule has 2 heterocycles. The quantitative estimate of drug-likeness (QED) is 0.403. The number of fused-ring (bicyclic) bond motifs is 2. The molecule has 11 heteroatoms. The first-order valence-electron chi connectivity index (χ1n) is 11.2. The summed E-state index contributed by atoms with van der Waals surface area (Å²) in [7, 11) is -3.67. The number of nitrogens with two attached hydrogens (primary N) is 2. The third-order valence-corrected chi connectivity index (χ3v) is 5.79. The van der Waals surface area contributed by atoms with Gasteiger partial charge in [0, 0.05) is 35.5 Å². The lowest BCUT2D eigenvalue weighted by atomic mass is 9.90. The van der Waals surface area contributed by atoms with Crippen molar-refractivity contribution in [1.82, 2.24) is 10.2 Å². The van der Waals surface area contributed by atoms with Gasteiger partial charge in [0.2, 0.25) is 0 Å². The highest BCUT2D eigenvalue weighted by Gasteiger charge is 2.27. The second-order valence-electron chi connectivity index (χ2n) is 8.62. The lowest BCUT2D eigenvalue weighted by Crippen LogP contribution is -2.24. The number of aryl methyl sites for hydroxylation is 1. The van der Waals surface area contributed by atoms with Gasteiger partial charge in [0.25, 0.3) is 10.1 Å². The average molecular weight is 492 g/mol. The standard InChI is InChI=1S/C15H18N2O.C7H11N3O.CH4O3S/c16-14-9-17-15-7-6-12(8-13(14)15)18-10-11-4-2-1-3-5-11;8-7-5-3-4(11)1-2-6(5)9-10-7;1-5(2,3)4/h1-5,12H,6-10,16H2;4,11H,1-3H2,(H3,8,9,10);1H3,(H,2,3,4). The lowest BCUT2D eigenvalue weighted by molar-refractivity contribution is 0.0348. The Hall–Kier alpha value is -2.73. The van der Waals surface area contributed by atoms with Crippen molar-refractivity contribution < 1.29 is 22.8 Å². The van der Waals surface area contributed by atoms with Crippen molar-refractivity contribution in [2.24, 2.45) is 10.7 Å². The van der Waals surface area contributed by atoms with Crippen LogP contribution in [0, 0.1) is 0 Å². The smallest absolute Gasteiger partial charge is 0.261 e. The summed E-state index contributed by atoms with van der Waals surface area (Å²) < 4.78 is 31.8. The normalized spacial score (nSPS) is 21.3. The van der Waals surface area contributed by atoms with Gasteiger partial charge in [-0.1, -0.05) is 30.3 Å². The second-order valence-corrected chi connectivity index (χ2v) is 10.1. The van der Waals surface area contributed by atoms with Gasteiger partial charge in [0.1, 0.15) is 5.82 Å². The maximum Gasteiger partial charge on any atom is 0.261 e. The highest BCUT2D eigenvalue weighted by molar-refractivity contribution is 7.85. The van der Waals surface area contributed by atoms with E-state index in [0.29, 0.717) is 31.6 Å². The van der Waals surface area contributed by atoms with E-state index in [-0.39, 0.29) is 12.2 Å². The fourth-order valence-electron chi connectivity index (χ4n) is 4.09. The average Bonchev–Trinajstić information content (AvgIpc) is 3.35. The van der Waals surface area contributed by atoms with Crippen molar-refractivity contribution in [1.29, 1.82) is 0 Å². The molecular weight excluding hydrogens is 458 g/mol. The number of aliphatic imine (C=N–C) groups is 1. The van der Waals surface area contributed by atoms with Crippen LogP contribution in [0.1, 0.15) is 42.5 Å². The van der Waals surface area contributed by atoms with E-state index in [1.165, 1.54) is 16.8 Å². The number of aliphatic hydroxyl groups excluding tert-OH is 1. The van der Waals surface area contributed by atoms with Crippen molar-refractivity contribution in [3.63, 3.8) is 0 Å². The highest BCUT2D eigenvalue weighted by atomic mass is 32.2. The molecule has 1 aromatic heterocycles.